The highest BCUT2D eigenvalue weighted by Crippen LogP contribution is 2.27. The van der Waals surface area contributed by atoms with Gasteiger partial charge in [0, 0.05) is 19.5 Å². The molecule has 0 fully saturated rings. The standard InChI is InChI=1S/C8H12ClN3O/c9-8-7(5(13)4-10)11-6-2-1-3-12(6)8/h5,13H,1-4,10H2. The van der Waals surface area contributed by atoms with Crippen molar-refractivity contribution in [2.24, 2.45) is 5.73 Å². The van der Waals surface area contributed by atoms with E-state index in [0.717, 1.165) is 25.2 Å². The van der Waals surface area contributed by atoms with Crippen LogP contribution in [-0.4, -0.2) is 21.2 Å². The summed E-state index contributed by atoms with van der Waals surface area (Å²) in [5.41, 5.74) is 5.86. The van der Waals surface area contributed by atoms with Gasteiger partial charge < -0.3 is 15.4 Å². The Labute approximate surface area is 81.3 Å². The van der Waals surface area contributed by atoms with Crippen molar-refractivity contribution in [3.8, 4) is 0 Å². The van der Waals surface area contributed by atoms with Crippen molar-refractivity contribution >= 4 is 11.6 Å². The van der Waals surface area contributed by atoms with Crippen LogP contribution in [0.1, 0.15) is 24.0 Å². The number of aliphatic hydroxyl groups excluding tert-OH is 1. The number of aryl methyl sites for hydroxylation is 1. The number of imidazole rings is 1. The van der Waals surface area contributed by atoms with E-state index in [-0.39, 0.29) is 6.54 Å². The van der Waals surface area contributed by atoms with E-state index in [9.17, 15) is 5.11 Å². The molecule has 1 aliphatic rings. The Hall–Kier alpha value is -0.580. The molecule has 1 aliphatic heterocycles. The van der Waals surface area contributed by atoms with Crippen LogP contribution in [0.2, 0.25) is 5.15 Å². The fraction of sp³-hybridized carbons (Fsp3) is 0.625. The Balaban J connectivity index is 2.38. The number of aliphatic hydroxyl groups is 1. The molecule has 3 N–H and O–H groups in total. The number of rotatable bonds is 2. The number of hydrogen-bond acceptors (Lipinski definition) is 3. The summed E-state index contributed by atoms with van der Waals surface area (Å²) in [6.45, 7) is 1.06. The second kappa shape index (κ2) is 3.29. The van der Waals surface area contributed by atoms with E-state index in [0.29, 0.717) is 10.8 Å². The zero-order valence-corrected chi connectivity index (χ0v) is 7.96. The summed E-state index contributed by atoms with van der Waals surface area (Å²) in [6, 6.07) is 0. The SMILES string of the molecule is NCC(O)c1nc2n(c1Cl)CCC2. The fourth-order valence-corrected chi connectivity index (χ4v) is 1.98. The predicted octanol–water partition coefficient (Wildman–Crippen LogP) is 0.475. The molecule has 2 heterocycles. The number of nitrogens with two attached hydrogens (primary N) is 1. The lowest BCUT2D eigenvalue weighted by atomic mass is 10.3. The lowest BCUT2D eigenvalue weighted by molar-refractivity contribution is 0.182. The summed E-state index contributed by atoms with van der Waals surface area (Å²) in [6.07, 6.45) is 1.29. The lowest BCUT2D eigenvalue weighted by Crippen LogP contribution is -2.12. The van der Waals surface area contributed by atoms with Crippen molar-refractivity contribution in [2.75, 3.05) is 6.54 Å². The molecule has 5 heteroatoms. The summed E-state index contributed by atoms with van der Waals surface area (Å²) in [4.78, 5) is 4.26. The highest BCUT2D eigenvalue weighted by molar-refractivity contribution is 6.30. The van der Waals surface area contributed by atoms with E-state index in [1.807, 2.05) is 4.57 Å². The summed E-state index contributed by atoms with van der Waals surface area (Å²) in [7, 11) is 0. The molecule has 1 atom stereocenters. The van der Waals surface area contributed by atoms with Crippen LogP contribution in [0.25, 0.3) is 0 Å². The normalized spacial score (nSPS) is 17.5. The molecule has 2 rings (SSSR count). The van der Waals surface area contributed by atoms with E-state index in [4.69, 9.17) is 17.3 Å². The molecule has 1 aromatic heterocycles. The highest BCUT2D eigenvalue weighted by Gasteiger charge is 2.22. The van der Waals surface area contributed by atoms with Gasteiger partial charge in [0.15, 0.2) is 0 Å². The molecular weight excluding hydrogens is 190 g/mol. The van der Waals surface area contributed by atoms with Crippen molar-refractivity contribution < 1.29 is 5.11 Å². The maximum Gasteiger partial charge on any atom is 0.134 e. The predicted molar refractivity (Wildman–Crippen MR) is 49.6 cm³/mol. The molecule has 0 saturated heterocycles. The van der Waals surface area contributed by atoms with Gasteiger partial charge in [0.25, 0.3) is 0 Å². The average Bonchev–Trinajstić information content (AvgIpc) is 2.68. The van der Waals surface area contributed by atoms with E-state index in [1.165, 1.54) is 0 Å². The van der Waals surface area contributed by atoms with Crippen LogP contribution in [0.4, 0.5) is 0 Å². The zero-order chi connectivity index (χ0) is 9.42. The van der Waals surface area contributed by atoms with Gasteiger partial charge in [0.2, 0.25) is 0 Å². The van der Waals surface area contributed by atoms with E-state index < -0.39 is 6.10 Å². The number of nitrogens with zero attached hydrogens (tertiary/aromatic N) is 2. The molecule has 1 aromatic rings. The minimum absolute atomic E-state index is 0.163. The Bertz CT molecular complexity index is 323. The summed E-state index contributed by atoms with van der Waals surface area (Å²) < 4.78 is 1.94. The summed E-state index contributed by atoms with van der Waals surface area (Å²) in [5, 5.41) is 10.0. The van der Waals surface area contributed by atoms with E-state index in [2.05, 4.69) is 4.98 Å². The van der Waals surface area contributed by atoms with Gasteiger partial charge in [0.05, 0.1) is 0 Å². The number of halogens is 1. The summed E-state index contributed by atoms with van der Waals surface area (Å²) in [5.74, 6) is 0.965. The highest BCUT2D eigenvalue weighted by atomic mass is 35.5. The van der Waals surface area contributed by atoms with Gasteiger partial charge in [-0.05, 0) is 6.42 Å². The van der Waals surface area contributed by atoms with Crippen LogP contribution >= 0.6 is 11.6 Å². The van der Waals surface area contributed by atoms with E-state index >= 15 is 0 Å². The first-order valence-corrected chi connectivity index (χ1v) is 4.74. The third-order valence-corrected chi connectivity index (χ3v) is 2.73. The molecule has 0 bridgehead atoms. The zero-order valence-electron chi connectivity index (χ0n) is 7.20. The average molecular weight is 202 g/mol. The van der Waals surface area contributed by atoms with Gasteiger partial charge in [-0.15, -0.1) is 0 Å². The monoisotopic (exact) mass is 201 g/mol. The van der Waals surface area contributed by atoms with Crippen LogP contribution in [0.15, 0.2) is 0 Å². The first-order chi connectivity index (χ1) is 6.24. The third kappa shape index (κ3) is 1.35. The maximum absolute atomic E-state index is 9.48. The molecule has 13 heavy (non-hydrogen) atoms. The smallest absolute Gasteiger partial charge is 0.134 e. The largest absolute Gasteiger partial charge is 0.385 e. The van der Waals surface area contributed by atoms with Gasteiger partial charge in [-0.3, -0.25) is 0 Å². The Kier molecular flexibility index (Phi) is 2.27. The Morgan fingerprint density at radius 3 is 3.08 bits per heavy atom. The van der Waals surface area contributed by atoms with Crippen molar-refractivity contribution in [1.82, 2.24) is 9.55 Å². The number of hydrogen-bond donors (Lipinski definition) is 2. The molecule has 0 amide bonds. The molecule has 1 unspecified atom stereocenters. The van der Waals surface area contributed by atoms with Crippen LogP contribution in [0.3, 0.4) is 0 Å². The van der Waals surface area contributed by atoms with Crippen molar-refractivity contribution in [2.45, 2.75) is 25.5 Å². The van der Waals surface area contributed by atoms with E-state index in [1.54, 1.807) is 0 Å². The summed E-state index contributed by atoms with van der Waals surface area (Å²) >= 11 is 6.03. The second-order valence-corrected chi connectivity index (χ2v) is 3.57. The Morgan fingerprint density at radius 2 is 2.46 bits per heavy atom. The van der Waals surface area contributed by atoms with Crippen LogP contribution in [0, 0.1) is 0 Å². The minimum Gasteiger partial charge on any atom is -0.385 e. The molecule has 0 aromatic carbocycles. The first-order valence-electron chi connectivity index (χ1n) is 4.37. The number of fused-ring (bicyclic) bond motifs is 1. The van der Waals surface area contributed by atoms with Gasteiger partial charge >= 0.3 is 0 Å². The fourth-order valence-electron chi connectivity index (χ4n) is 1.63. The van der Waals surface area contributed by atoms with Crippen LogP contribution in [0.5, 0.6) is 0 Å². The van der Waals surface area contributed by atoms with Gasteiger partial charge in [-0.25, -0.2) is 4.98 Å². The first kappa shape index (κ1) is 8.99. The quantitative estimate of drug-likeness (QED) is 0.732. The molecule has 0 saturated carbocycles. The molecule has 72 valence electrons. The van der Waals surface area contributed by atoms with Gasteiger partial charge in [-0.2, -0.15) is 0 Å². The number of aromatic nitrogens is 2. The second-order valence-electron chi connectivity index (χ2n) is 3.21. The Morgan fingerprint density at radius 1 is 1.69 bits per heavy atom. The van der Waals surface area contributed by atoms with Crippen molar-refractivity contribution in [3.05, 3.63) is 16.7 Å². The lowest BCUT2D eigenvalue weighted by Gasteiger charge is -2.04. The molecule has 4 nitrogen and oxygen atoms in total. The van der Waals surface area contributed by atoms with Crippen LogP contribution in [-0.2, 0) is 13.0 Å². The topological polar surface area (TPSA) is 64.1 Å². The van der Waals surface area contributed by atoms with Crippen molar-refractivity contribution in [1.29, 1.82) is 0 Å². The third-order valence-electron chi connectivity index (χ3n) is 2.33. The molecule has 0 spiro atoms. The molecular formula is C8H12ClN3O. The van der Waals surface area contributed by atoms with Crippen molar-refractivity contribution in [3.63, 3.8) is 0 Å². The van der Waals surface area contributed by atoms with Gasteiger partial charge in [0.1, 0.15) is 22.8 Å². The van der Waals surface area contributed by atoms with Gasteiger partial charge in [-0.1, -0.05) is 11.6 Å². The minimum atomic E-state index is -0.731. The maximum atomic E-state index is 9.48. The van der Waals surface area contributed by atoms with Crippen LogP contribution < -0.4 is 5.73 Å². The molecule has 0 radical (unpaired) electrons. The molecule has 0 aliphatic carbocycles.